The van der Waals surface area contributed by atoms with Gasteiger partial charge in [0.2, 0.25) is 5.91 Å². The number of hydrogen-bond acceptors (Lipinski definition) is 5. The fraction of sp³-hybridized carbons (Fsp3) is 0.294. The summed E-state index contributed by atoms with van der Waals surface area (Å²) < 4.78 is 15.7. The van der Waals surface area contributed by atoms with Crippen molar-refractivity contribution >= 4 is 11.8 Å². The summed E-state index contributed by atoms with van der Waals surface area (Å²) in [7, 11) is 3.07. The first-order valence-electron chi connectivity index (χ1n) is 7.31. The molecule has 7 heteroatoms. The number of nitrogens with one attached hydrogen (secondary N) is 2. The van der Waals surface area contributed by atoms with Crippen molar-refractivity contribution in [2.75, 3.05) is 14.2 Å². The highest BCUT2D eigenvalue weighted by atomic mass is 16.5. The van der Waals surface area contributed by atoms with Crippen molar-refractivity contribution in [3.05, 3.63) is 46.9 Å². The average molecular weight is 332 g/mol. The maximum absolute atomic E-state index is 12.1. The summed E-state index contributed by atoms with van der Waals surface area (Å²) >= 11 is 0. The summed E-state index contributed by atoms with van der Waals surface area (Å²) in [4.78, 5) is 24.1. The normalized spacial score (nSPS) is 10.2. The maximum Gasteiger partial charge on any atom is 0.273 e. The standard InChI is InChI=1S/C17H20N2O5/c1-10-7-14(11(2)24-10)17(21)19-18-16(20)9-12-8-13(22-3)5-6-15(12)23-4/h5-8H,9H2,1-4H3,(H,18,20)(H,19,21). The SMILES string of the molecule is COc1ccc(OC)c(CC(=O)NNC(=O)c2cc(C)oc2C)c1. The monoisotopic (exact) mass is 332 g/mol. The lowest BCUT2D eigenvalue weighted by Gasteiger charge is -2.11. The van der Waals surface area contributed by atoms with Gasteiger partial charge in [-0.25, -0.2) is 0 Å². The first-order valence-corrected chi connectivity index (χ1v) is 7.31. The Kier molecular flexibility index (Phi) is 5.47. The molecule has 0 saturated carbocycles. The summed E-state index contributed by atoms with van der Waals surface area (Å²) in [6.45, 7) is 3.43. The Morgan fingerprint density at radius 2 is 1.83 bits per heavy atom. The molecule has 1 aromatic heterocycles. The van der Waals surface area contributed by atoms with Gasteiger partial charge in [-0.3, -0.25) is 20.4 Å². The minimum atomic E-state index is -0.435. The molecule has 2 rings (SSSR count). The summed E-state index contributed by atoms with van der Waals surface area (Å²) in [6, 6.07) is 6.79. The number of furan rings is 1. The summed E-state index contributed by atoms with van der Waals surface area (Å²) in [5.74, 6) is 1.49. The third-order valence-electron chi connectivity index (χ3n) is 3.44. The smallest absolute Gasteiger partial charge is 0.273 e. The molecule has 0 aliphatic carbocycles. The number of carbonyl (C=O) groups excluding carboxylic acids is 2. The molecule has 0 unspecified atom stereocenters. The largest absolute Gasteiger partial charge is 0.497 e. The van der Waals surface area contributed by atoms with Crippen LogP contribution in [-0.2, 0) is 11.2 Å². The van der Waals surface area contributed by atoms with Gasteiger partial charge in [0, 0.05) is 5.56 Å². The number of carbonyl (C=O) groups is 2. The number of amides is 2. The second-order valence-electron chi connectivity index (χ2n) is 5.18. The van der Waals surface area contributed by atoms with Crippen molar-refractivity contribution in [1.82, 2.24) is 10.9 Å². The highest BCUT2D eigenvalue weighted by molar-refractivity contribution is 5.96. The number of ether oxygens (including phenoxy) is 2. The molecule has 24 heavy (non-hydrogen) atoms. The second-order valence-corrected chi connectivity index (χ2v) is 5.18. The average Bonchev–Trinajstić information content (AvgIpc) is 2.91. The third kappa shape index (κ3) is 4.07. The van der Waals surface area contributed by atoms with Gasteiger partial charge in [0.1, 0.15) is 23.0 Å². The number of hydrogen-bond donors (Lipinski definition) is 2. The molecule has 2 N–H and O–H groups in total. The van der Waals surface area contributed by atoms with Crippen molar-refractivity contribution in [3.63, 3.8) is 0 Å². The van der Waals surface area contributed by atoms with Gasteiger partial charge in [-0.1, -0.05) is 0 Å². The van der Waals surface area contributed by atoms with E-state index < -0.39 is 5.91 Å². The van der Waals surface area contributed by atoms with Crippen LogP contribution in [0, 0.1) is 13.8 Å². The van der Waals surface area contributed by atoms with Crippen molar-refractivity contribution < 1.29 is 23.5 Å². The Morgan fingerprint density at radius 1 is 1.08 bits per heavy atom. The lowest BCUT2D eigenvalue weighted by molar-refractivity contribution is -0.121. The van der Waals surface area contributed by atoms with Crippen molar-refractivity contribution in [3.8, 4) is 11.5 Å². The van der Waals surface area contributed by atoms with E-state index in [4.69, 9.17) is 13.9 Å². The Morgan fingerprint density at radius 3 is 2.42 bits per heavy atom. The van der Waals surface area contributed by atoms with Gasteiger partial charge in [-0.2, -0.15) is 0 Å². The van der Waals surface area contributed by atoms with Gasteiger partial charge >= 0.3 is 0 Å². The van der Waals surface area contributed by atoms with Gasteiger partial charge in [-0.05, 0) is 38.1 Å². The third-order valence-corrected chi connectivity index (χ3v) is 3.44. The molecule has 128 valence electrons. The van der Waals surface area contributed by atoms with Crippen LogP contribution in [0.2, 0.25) is 0 Å². The van der Waals surface area contributed by atoms with E-state index in [1.54, 1.807) is 45.2 Å². The summed E-state index contributed by atoms with van der Waals surface area (Å²) in [5, 5.41) is 0. The Hall–Kier alpha value is -2.96. The van der Waals surface area contributed by atoms with Gasteiger partial charge < -0.3 is 13.9 Å². The molecule has 0 aliphatic rings. The number of methoxy groups -OCH3 is 2. The van der Waals surface area contributed by atoms with E-state index in [9.17, 15) is 9.59 Å². The fourth-order valence-electron chi connectivity index (χ4n) is 2.29. The van der Waals surface area contributed by atoms with Crippen LogP contribution >= 0.6 is 0 Å². The molecule has 0 radical (unpaired) electrons. The molecule has 0 spiro atoms. The van der Waals surface area contributed by atoms with Gasteiger partial charge in [0.05, 0.1) is 26.2 Å². The lowest BCUT2D eigenvalue weighted by Crippen LogP contribution is -2.42. The topological polar surface area (TPSA) is 89.8 Å². The highest BCUT2D eigenvalue weighted by Gasteiger charge is 2.15. The zero-order chi connectivity index (χ0) is 17.7. The predicted molar refractivity (Wildman–Crippen MR) is 87.0 cm³/mol. The fourth-order valence-corrected chi connectivity index (χ4v) is 2.29. The van der Waals surface area contributed by atoms with Crippen molar-refractivity contribution in [2.24, 2.45) is 0 Å². The van der Waals surface area contributed by atoms with Crippen LogP contribution in [0.4, 0.5) is 0 Å². The summed E-state index contributed by atoms with van der Waals surface area (Å²) in [6.07, 6.45) is 0.0318. The number of hydrazine groups is 1. The molecule has 0 bridgehead atoms. The Bertz CT molecular complexity index is 751. The van der Waals surface area contributed by atoms with E-state index in [1.807, 2.05) is 0 Å². The van der Waals surface area contributed by atoms with Crippen LogP contribution in [0.3, 0.4) is 0 Å². The number of rotatable bonds is 5. The molecular weight excluding hydrogens is 312 g/mol. The Balaban J connectivity index is 1.98. The molecule has 0 atom stereocenters. The lowest BCUT2D eigenvalue weighted by atomic mass is 10.1. The minimum absolute atomic E-state index is 0.0318. The molecule has 2 amide bonds. The van der Waals surface area contributed by atoms with Crippen LogP contribution in [0.15, 0.2) is 28.7 Å². The van der Waals surface area contributed by atoms with E-state index in [2.05, 4.69) is 10.9 Å². The predicted octanol–water partition coefficient (Wildman–Crippen LogP) is 1.92. The van der Waals surface area contributed by atoms with E-state index in [1.165, 1.54) is 7.11 Å². The molecule has 1 aromatic carbocycles. The van der Waals surface area contributed by atoms with Crippen LogP contribution in [-0.4, -0.2) is 26.0 Å². The zero-order valence-electron chi connectivity index (χ0n) is 14.1. The zero-order valence-corrected chi connectivity index (χ0v) is 14.1. The molecule has 7 nitrogen and oxygen atoms in total. The first kappa shape index (κ1) is 17.4. The van der Waals surface area contributed by atoms with Crippen LogP contribution in [0.1, 0.15) is 27.4 Å². The molecule has 1 heterocycles. The molecular formula is C17H20N2O5. The molecule has 0 aliphatic heterocycles. The minimum Gasteiger partial charge on any atom is -0.497 e. The number of aryl methyl sites for hydroxylation is 2. The van der Waals surface area contributed by atoms with E-state index in [-0.39, 0.29) is 12.3 Å². The van der Waals surface area contributed by atoms with Crippen LogP contribution in [0.5, 0.6) is 11.5 Å². The van der Waals surface area contributed by atoms with Crippen molar-refractivity contribution in [2.45, 2.75) is 20.3 Å². The second kappa shape index (κ2) is 7.54. The van der Waals surface area contributed by atoms with Gasteiger partial charge in [0.15, 0.2) is 0 Å². The highest BCUT2D eigenvalue weighted by Crippen LogP contribution is 2.24. The first-order chi connectivity index (χ1) is 11.4. The van der Waals surface area contributed by atoms with E-state index >= 15 is 0 Å². The van der Waals surface area contributed by atoms with Crippen LogP contribution in [0.25, 0.3) is 0 Å². The maximum atomic E-state index is 12.1. The summed E-state index contributed by atoms with van der Waals surface area (Å²) in [5.41, 5.74) is 5.78. The molecule has 0 fully saturated rings. The number of benzene rings is 1. The van der Waals surface area contributed by atoms with Gasteiger partial charge in [-0.15, -0.1) is 0 Å². The van der Waals surface area contributed by atoms with E-state index in [0.717, 1.165) is 0 Å². The molecule has 2 aromatic rings. The van der Waals surface area contributed by atoms with Crippen molar-refractivity contribution in [1.29, 1.82) is 0 Å². The molecule has 0 saturated heterocycles. The van der Waals surface area contributed by atoms with E-state index in [0.29, 0.717) is 34.1 Å². The van der Waals surface area contributed by atoms with Gasteiger partial charge in [0.25, 0.3) is 5.91 Å². The Labute approximate surface area is 139 Å². The quantitative estimate of drug-likeness (QED) is 0.817. The van der Waals surface area contributed by atoms with Crippen LogP contribution < -0.4 is 20.3 Å².